The zero-order valence-electron chi connectivity index (χ0n) is 9.37. The van der Waals surface area contributed by atoms with Crippen molar-refractivity contribution in [3.63, 3.8) is 0 Å². The highest BCUT2D eigenvalue weighted by Gasteiger charge is 2.16. The minimum Gasteiger partial charge on any atom is -0.744 e. The van der Waals surface area contributed by atoms with Gasteiger partial charge < -0.3 is 4.55 Å². The molecule has 0 spiro atoms. The molecule has 1 aromatic rings. The first-order chi connectivity index (χ1) is 6.62. The fraction of sp³-hybridized carbons (Fsp3) is 0.455. The van der Waals surface area contributed by atoms with E-state index in [0.29, 0.717) is 0 Å². The number of aryl methyl sites for hydroxylation is 1. The largest absolute Gasteiger partial charge is 0.744 e. The van der Waals surface area contributed by atoms with Crippen LogP contribution < -0.4 is 0 Å². The summed E-state index contributed by atoms with van der Waals surface area (Å²) in [6, 6.07) is 4.51. The molecule has 0 amide bonds. The highest BCUT2D eigenvalue weighted by molar-refractivity contribution is 7.85. The Balaban J connectivity index is 3.34. The molecule has 0 bridgehead atoms. The topological polar surface area (TPSA) is 57.2 Å². The maximum atomic E-state index is 10.8. The van der Waals surface area contributed by atoms with Crippen LogP contribution in [0.5, 0.6) is 0 Å². The summed E-state index contributed by atoms with van der Waals surface area (Å²) in [4.78, 5) is -0.159. The molecular formula is C11H15O3S-. The summed E-state index contributed by atoms with van der Waals surface area (Å²) in [6.07, 6.45) is 0. The van der Waals surface area contributed by atoms with Crippen molar-refractivity contribution in [2.75, 3.05) is 0 Å². The number of hydrogen-bond donors (Lipinski definition) is 0. The third kappa shape index (κ3) is 2.79. The maximum Gasteiger partial charge on any atom is 0.124 e. The van der Waals surface area contributed by atoms with Gasteiger partial charge in [-0.05, 0) is 35.6 Å². The van der Waals surface area contributed by atoms with Crippen molar-refractivity contribution in [3.8, 4) is 0 Å². The minimum absolute atomic E-state index is 0.0464. The summed E-state index contributed by atoms with van der Waals surface area (Å²) >= 11 is 0. The van der Waals surface area contributed by atoms with Crippen molar-refractivity contribution in [2.24, 2.45) is 0 Å². The van der Waals surface area contributed by atoms with Crippen LogP contribution in [0.2, 0.25) is 0 Å². The summed E-state index contributed by atoms with van der Waals surface area (Å²) in [7, 11) is -4.34. The fourth-order valence-electron chi connectivity index (χ4n) is 1.63. The van der Waals surface area contributed by atoms with E-state index in [1.807, 2.05) is 27.7 Å². The Morgan fingerprint density at radius 2 is 1.73 bits per heavy atom. The maximum absolute atomic E-state index is 10.8. The Kier molecular flexibility index (Phi) is 2.94. The molecule has 0 aliphatic rings. The summed E-state index contributed by atoms with van der Waals surface area (Å²) in [5, 5.41) is 0. The zero-order valence-corrected chi connectivity index (χ0v) is 10.2. The lowest BCUT2D eigenvalue weighted by molar-refractivity contribution is 0.462. The van der Waals surface area contributed by atoms with Crippen molar-refractivity contribution < 1.29 is 13.0 Å². The lowest BCUT2D eigenvalue weighted by Gasteiger charge is -2.22. The Morgan fingerprint density at radius 1 is 1.20 bits per heavy atom. The van der Waals surface area contributed by atoms with Gasteiger partial charge in [-0.25, -0.2) is 8.42 Å². The average molecular weight is 227 g/mol. The molecule has 4 heteroatoms. The molecule has 0 heterocycles. The van der Waals surface area contributed by atoms with E-state index in [2.05, 4.69) is 0 Å². The first-order valence-electron chi connectivity index (χ1n) is 4.69. The SMILES string of the molecule is Cc1cc(S(=O)(=O)[O-])ccc1C(C)(C)C. The van der Waals surface area contributed by atoms with Gasteiger partial charge in [-0.15, -0.1) is 0 Å². The van der Waals surface area contributed by atoms with Crippen LogP contribution in [0.4, 0.5) is 0 Å². The molecule has 0 saturated heterocycles. The Hall–Kier alpha value is -0.870. The summed E-state index contributed by atoms with van der Waals surface area (Å²) in [5.74, 6) is 0. The van der Waals surface area contributed by atoms with Crippen molar-refractivity contribution in [1.82, 2.24) is 0 Å². The minimum atomic E-state index is -4.34. The van der Waals surface area contributed by atoms with Crippen molar-refractivity contribution in [1.29, 1.82) is 0 Å². The average Bonchev–Trinajstić information content (AvgIpc) is 1.99. The lowest BCUT2D eigenvalue weighted by atomic mass is 9.84. The summed E-state index contributed by atoms with van der Waals surface area (Å²) in [5.41, 5.74) is 1.84. The molecule has 0 N–H and O–H groups in total. The van der Waals surface area contributed by atoms with Gasteiger partial charge in [0.1, 0.15) is 10.1 Å². The molecule has 0 aliphatic heterocycles. The molecule has 1 aromatic carbocycles. The van der Waals surface area contributed by atoms with Crippen LogP contribution in [-0.4, -0.2) is 13.0 Å². The van der Waals surface area contributed by atoms with E-state index >= 15 is 0 Å². The van der Waals surface area contributed by atoms with Crippen LogP contribution in [0.15, 0.2) is 23.1 Å². The normalized spacial score (nSPS) is 12.9. The summed E-state index contributed by atoms with van der Waals surface area (Å²) < 4.78 is 32.4. The van der Waals surface area contributed by atoms with Crippen LogP contribution >= 0.6 is 0 Å². The molecule has 0 saturated carbocycles. The molecule has 0 aliphatic carbocycles. The molecule has 0 radical (unpaired) electrons. The van der Waals surface area contributed by atoms with Crippen LogP contribution in [0.25, 0.3) is 0 Å². The monoisotopic (exact) mass is 227 g/mol. The number of benzene rings is 1. The van der Waals surface area contributed by atoms with Crippen molar-refractivity contribution in [3.05, 3.63) is 29.3 Å². The van der Waals surface area contributed by atoms with Crippen LogP contribution in [0, 0.1) is 6.92 Å². The van der Waals surface area contributed by atoms with Gasteiger partial charge in [-0.3, -0.25) is 0 Å². The van der Waals surface area contributed by atoms with Gasteiger partial charge in [0.2, 0.25) is 0 Å². The van der Waals surface area contributed by atoms with Crippen LogP contribution in [0.1, 0.15) is 31.9 Å². The van der Waals surface area contributed by atoms with E-state index in [0.717, 1.165) is 11.1 Å². The molecule has 15 heavy (non-hydrogen) atoms. The first-order valence-corrected chi connectivity index (χ1v) is 6.10. The second kappa shape index (κ2) is 3.61. The Morgan fingerprint density at radius 3 is 2.07 bits per heavy atom. The molecular weight excluding hydrogens is 212 g/mol. The standard InChI is InChI=1S/C11H16O3S/c1-8-7-9(15(12,13)14)5-6-10(8)11(2,3)4/h5-7H,1-4H3,(H,12,13,14)/p-1. The smallest absolute Gasteiger partial charge is 0.124 e. The van der Waals surface area contributed by atoms with E-state index in [9.17, 15) is 13.0 Å². The van der Waals surface area contributed by atoms with Gasteiger partial charge in [-0.2, -0.15) is 0 Å². The van der Waals surface area contributed by atoms with Crippen molar-refractivity contribution in [2.45, 2.75) is 38.0 Å². The van der Waals surface area contributed by atoms with E-state index in [1.165, 1.54) is 12.1 Å². The second-order valence-electron chi connectivity index (χ2n) is 4.68. The van der Waals surface area contributed by atoms with E-state index in [4.69, 9.17) is 0 Å². The third-order valence-corrected chi connectivity index (χ3v) is 3.13. The number of rotatable bonds is 1. The highest BCUT2D eigenvalue weighted by atomic mass is 32.2. The molecule has 0 fully saturated rings. The molecule has 0 aromatic heterocycles. The quantitative estimate of drug-likeness (QED) is 0.691. The van der Waals surface area contributed by atoms with Gasteiger partial charge in [-0.1, -0.05) is 26.8 Å². The molecule has 0 unspecified atom stereocenters. The predicted molar refractivity (Wildman–Crippen MR) is 57.8 cm³/mol. The van der Waals surface area contributed by atoms with Gasteiger partial charge in [0, 0.05) is 0 Å². The van der Waals surface area contributed by atoms with Gasteiger partial charge in [0.05, 0.1) is 4.90 Å². The van der Waals surface area contributed by atoms with Crippen LogP contribution in [-0.2, 0) is 15.5 Å². The van der Waals surface area contributed by atoms with E-state index in [-0.39, 0.29) is 10.3 Å². The Bertz CT molecular complexity index is 467. The second-order valence-corrected chi connectivity index (χ2v) is 6.06. The molecule has 3 nitrogen and oxygen atoms in total. The molecule has 84 valence electrons. The van der Waals surface area contributed by atoms with Crippen molar-refractivity contribution >= 4 is 10.1 Å². The van der Waals surface area contributed by atoms with Crippen LogP contribution in [0.3, 0.4) is 0 Å². The van der Waals surface area contributed by atoms with Gasteiger partial charge >= 0.3 is 0 Å². The number of hydrogen-bond acceptors (Lipinski definition) is 3. The predicted octanol–water partition coefficient (Wildman–Crippen LogP) is 2.20. The Labute approximate surface area is 90.9 Å². The van der Waals surface area contributed by atoms with E-state index < -0.39 is 10.1 Å². The third-order valence-electron chi connectivity index (χ3n) is 2.29. The fourth-order valence-corrected chi connectivity index (χ4v) is 2.19. The summed E-state index contributed by atoms with van der Waals surface area (Å²) in [6.45, 7) is 7.94. The zero-order chi connectivity index (χ0) is 11.9. The first kappa shape index (κ1) is 12.2. The lowest BCUT2D eigenvalue weighted by Crippen LogP contribution is -2.13. The molecule has 1 rings (SSSR count). The van der Waals surface area contributed by atoms with Gasteiger partial charge in [0.15, 0.2) is 0 Å². The van der Waals surface area contributed by atoms with Gasteiger partial charge in [0.25, 0.3) is 0 Å². The van der Waals surface area contributed by atoms with E-state index in [1.54, 1.807) is 6.07 Å². The highest BCUT2D eigenvalue weighted by Crippen LogP contribution is 2.27. The molecule has 0 atom stereocenters.